The van der Waals surface area contributed by atoms with Gasteiger partial charge in [0.05, 0.1) is 16.4 Å². The van der Waals surface area contributed by atoms with Crippen molar-refractivity contribution in [2.24, 2.45) is 5.10 Å². The van der Waals surface area contributed by atoms with E-state index >= 15 is 0 Å². The molecule has 0 aliphatic carbocycles. The highest BCUT2D eigenvalue weighted by molar-refractivity contribution is 9.10. The molecule has 0 aliphatic heterocycles. The summed E-state index contributed by atoms with van der Waals surface area (Å²) in [6.07, 6.45) is 3.09. The second-order valence-corrected chi connectivity index (χ2v) is 5.59. The summed E-state index contributed by atoms with van der Waals surface area (Å²) in [4.78, 5) is 0. The van der Waals surface area contributed by atoms with Gasteiger partial charge in [-0.05, 0) is 53.5 Å². The van der Waals surface area contributed by atoms with Gasteiger partial charge in [-0.15, -0.1) is 10.2 Å². The Hall–Kier alpha value is -2.35. The maximum atomic E-state index is 13.2. The zero-order chi connectivity index (χ0) is 15.7. The number of hydrogen-bond donors (Lipinski definition) is 0. The van der Waals surface area contributed by atoms with Crippen molar-refractivity contribution in [1.29, 1.82) is 0 Å². The summed E-state index contributed by atoms with van der Waals surface area (Å²) >= 11 is 3.15. The van der Waals surface area contributed by atoms with Crippen molar-refractivity contribution in [3.05, 3.63) is 57.8 Å². The van der Waals surface area contributed by atoms with E-state index in [-0.39, 0.29) is 5.82 Å². The Balaban J connectivity index is 1.94. The molecule has 2 heterocycles. The molecule has 0 saturated heterocycles. The quantitative estimate of drug-likeness (QED) is 0.673. The van der Waals surface area contributed by atoms with E-state index in [4.69, 9.17) is 0 Å². The van der Waals surface area contributed by atoms with Crippen LogP contribution in [-0.4, -0.2) is 30.9 Å². The standard InChI is InChI=1S/C14H12BrFN6/c1-9-5-10(2)22(20-9)14-19-17-8-21(14)18-7-11-3-4-13(16)12(15)6-11/h3-8H,1-2H3/b18-7-. The van der Waals surface area contributed by atoms with E-state index in [1.807, 2.05) is 19.9 Å². The van der Waals surface area contributed by atoms with E-state index in [0.29, 0.717) is 10.4 Å². The van der Waals surface area contributed by atoms with Gasteiger partial charge in [-0.25, -0.2) is 9.07 Å². The Morgan fingerprint density at radius 1 is 1.27 bits per heavy atom. The predicted molar refractivity (Wildman–Crippen MR) is 83.7 cm³/mol. The lowest BCUT2D eigenvalue weighted by Crippen LogP contribution is -2.06. The highest BCUT2D eigenvalue weighted by Gasteiger charge is 2.10. The third kappa shape index (κ3) is 2.82. The van der Waals surface area contributed by atoms with Gasteiger partial charge in [-0.2, -0.15) is 14.9 Å². The smallest absolute Gasteiger partial charge is 0.206 e. The third-order valence-electron chi connectivity index (χ3n) is 2.99. The van der Waals surface area contributed by atoms with E-state index in [1.165, 1.54) is 17.1 Å². The first-order valence-corrected chi connectivity index (χ1v) is 7.27. The fraction of sp³-hybridized carbons (Fsp3) is 0.143. The number of nitrogens with zero attached hydrogens (tertiary/aromatic N) is 6. The van der Waals surface area contributed by atoms with Crippen LogP contribution >= 0.6 is 15.9 Å². The van der Waals surface area contributed by atoms with Crippen LogP contribution in [-0.2, 0) is 0 Å². The lowest BCUT2D eigenvalue weighted by atomic mass is 10.2. The minimum atomic E-state index is -0.315. The molecule has 0 radical (unpaired) electrons. The van der Waals surface area contributed by atoms with Crippen molar-refractivity contribution >= 4 is 22.1 Å². The molecular formula is C14H12BrFN6. The van der Waals surface area contributed by atoms with Crippen LogP contribution in [0.25, 0.3) is 5.95 Å². The minimum absolute atomic E-state index is 0.315. The number of aromatic nitrogens is 5. The fourth-order valence-corrected chi connectivity index (χ4v) is 2.39. The molecular weight excluding hydrogens is 351 g/mol. The van der Waals surface area contributed by atoms with E-state index in [9.17, 15) is 4.39 Å². The van der Waals surface area contributed by atoms with Gasteiger partial charge < -0.3 is 0 Å². The molecule has 3 aromatic rings. The maximum absolute atomic E-state index is 13.2. The van der Waals surface area contributed by atoms with Gasteiger partial charge in [-0.1, -0.05) is 6.07 Å². The molecule has 1 aromatic carbocycles. The largest absolute Gasteiger partial charge is 0.273 e. The van der Waals surface area contributed by atoms with Crippen LogP contribution < -0.4 is 0 Å². The molecule has 0 atom stereocenters. The van der Waals surface area contributed by atoms with Gasteiger partial charge in [-0.3, -0.25) is 0 Å². The van der Waals surface area contributed by atoms with E-state index < -0.39 is 0 Å². The molecule has 0 saturated carbocycles. The Bertz CT molecular complexity index is 851. The summed E-state index contributed by atoms with van der Waals surface area (Å²) in [6, 6.07) is 6.60. The van der Waals surface area contributed by atoms with Gasteiger partial charge in [0.1, 0.15) is 12.1 Å². The predicted octanol–water partition coefficient (Wildman–Crippen LogP) is 2.86. The zero-order valence-corrected chi connectivity index (χ0v) is 13.5. The lowest BCUT2D eigenvalue weighted by molar-refractivity contribution is 0.621. The normalized spacial score (nSPS) is 11.5. The highest BCUT2D eigenvalue weighted by Crippen LogP contribution is 2.16. The molecule has 112 valence electrons. The van der Waals surface area contributed by atoms with Crippen LogP contribution in [0.15, 0.2) is 40.2 Å². The van der Waals surface area contributed by atoms with E-state index in [0.717, 1.165) is 17.0 Å². The monoisotopic (exact) mass is 362 g/mol. The van der Waals surface area contributed by atoms with Gasteiger partial charge in [0.2, 0.25) is 0 Å². The Morgan fingerprint density at radius 2 is 2.09 bits per heavy atom. The summed E-state index contributed by atoms with van der Waals surface area (Å²) in [5, 5.41) is 16.5. The summed E-state index contributed by atoms with van der Waals surface area (Å²) in [6.45, 7) is 3.84. The number of halogens is 2. The van der Waals surface area contributed by atoms with Crippen molar-refractivity contribution in [2.45, 2.75) is 13.8 Å². The first kappa shape index (κ1) is 14.6. The number of rotatable bonds is 3. The molecule has 0 unspecified atom stereocenters. The summed E-state index contributed by atoms with van der Waals surface area (Å²) in [7, 11) is 0. The van der Waals surface area contributed by atoms with Crippen molar-refractivity contribution in [2.75, 3.05) is 0 Å². The second-order valence-electron chi connectivity index (χ2n) is 4.73. The average Bonchev–Trinajstić information content (AvgIpc) is 3.06. The van der Waals surface area contributed by atoms with Crippen LogP contribution in [0.4, 0.5) is 4.39 Å². The Morgan fingerprint density at radius 3 is 2.77 bits per heavy atom. The van der Waals surface area contributed by atoms with Crippen LogP contribution in [0.2, 0.25) is 0 Å². The first-order valence-electron chi connectivity index (χ1n) is 6.47. The molecule has 0 spiro atoms. The third-order valence-corrected chi connectivity index (χ3v) is 3.59. The SMILES string of the molecule is Cc1cc(C)n(-c2nncn2/N=C\c2ccc(F)c(Br)c2)n1. The van der Waals surface area contributed by atoms with E-state index in [1.54, 1.807) is 23.0 Å². The van der Waals surface area contributed by atoms with Crippen LogP contribution in [0.3, 0.4) is 0 Å². The van der Waals surface area contributed by atoms with Gasteiger partial charge in [0, 0.05) is 5.69 Å². The Kier molecular flexibility index (Phi) is 3.84. The van der Waals surface area contributed by atoms with Crippen LogP contribution in [0.5, 0.6) is 0 Å². The van der Waals surface area contributed by atoms with Gasteiger partial charge >= 0.3 is 0 Å². The fourth-order valence-electron chi connectivity index (χ4n) is 2.00. The van der Waals surface area contributed by atoms with Crippen molar-refractivity contribution < 1.29 is 4.39 Å². The molecule has 2 aromatic heterocycles. The summed E-state index contributed by atoms with van der Waals surface area (Å²) in [5.74, 6) is 0.174. The van der Waals surface area contributed by atoms with Crippen molar-refractivity contribution in [3.8, 4) is 5.95 Å². The number of hydrogen-bond acceptors (Lipinski definition) is 4. The molecule has 22 heavy (non-hydrogen) atoms. The molecule has 0 fully saturated rings. The molecule has 3 rings (SSSR count). The summed E-state index contributed by atoms with van der Waals surface area (Å²) in [5.41, 5.74) is 2.58. The number of benzene rings is 1. The highest BCUT2D eigenvalue weighted by atomic mass is 79.9. The maximum Gasteiger partial charge on any atom is 0.273 e. The van der Waals surface area contributed by atoms with Gasteiger partial charge in [0.15, 0.2) is 0 Å². The van der Waals surface area contributed by atoms with Crippen molar-refractivity contribution in [3.63, 3.8) is 0 Å². The minimum Gasteiger partial charge on any atom is -0.206 e. The molecule has 0 amide bonds. The molecule has 0 bridgehead atoms. The lowest BCUT2D eigenvalue weighted by Gasteiger charge is -2.02. The number of aryl methyl sites for hydroxylation is 2. The topological polar surface area (TPSA) is 60.9 Å². The second kappa shape index (κ2) is 5.80. The molecule has 0 N–H and O–H groups in total. The molecule has 8 heteroatoms. The Labute approximate surface area is 134 Å². The van der Waals surface area contributed by atoms with Crippen molar-refractivity contribution in [1.82, 2.24) is 24.7 Å². The average molecular weight is 363 g/mol. The van der Waals surface area contributed by atoms with Crippen LogP contribution in [0, 0.1) is 19.7 Å². The van der Waals surface area contributed by atoms with Crippen LogP contribution in [0.1, 0.15) is 17.0 Å². The van der Waals surface area contributed by atoms with E-state index in [2.05, 4.69) is 36.3 Å². The molecule has 6 nitrogen and oxygen atoms in total. The summed E-state index contributed by atoms with van der Waals surface area (Å²) < 4.78 is 16.8. The first-order chi connectivity index (χ1) is 10.5. The molecule has 0 aliphatic rings. The van der Waals surface area contributed by atoms with Gasteiger partial charge in [0.25, 0.3) is 5.95 Å². The zero-order valence-electron chi connectivity index (χ0n) is 11.9.